The quantitative estimate of drug-likeness (QED) is 0.672. The zero-order chi connectivity index (χ0) is 19.2. The van der Waals surface area contributed by atoms with Gasteiger partial charge in [-0.1, -0.05) is 0 Å². The maximum Gasteiger partial charge on any atom is 0.337 e. The zero-order valence-corrected chi connectivity index (χ0v) is 14.3. The van der Waals surface area contributed by atoms with Crippen molar-refractivity contribution in [2.24, 2.45) is 0 Å². The van der Waals surface area contributed by atoms with Gasteiger partial charge in [0.25, 0.3) is 5.91 Å². The molecule has 0 saturated carbocycles. The van der Waals surface area contributed by atoms with E-state index in [1.54, 1.807) is 36.4 Å². The van der Waals surface area contributed by atoms with Crippen LogP contribution in [0, 0.1) is 5.82 Å². The number of benzene rings is 2. The second-order valence-electron chi connectivity index (χ2n) is 5.44. The topological polar surface area (TPSA) is 93.2 Å². The Bertz CT molecular complexity index is 959. The number of nitrogens with one attached hydrogen (secondary N) is 2. The van der Waals surface area contributed by atoms with Crippen molar-refractivity contribution in [3.8, 4) is 0 Å². The standard InChI is InChI=1S/C19H15FN4O3/c1-27-19(26)12-2-6-15(7-3-12)24-18(25)16-10-17(22-11-21-16)23-14-8-4-13(20)5-9-14/h2-11H,1H3,(H,24,25)(H,21,22,23). The lowest BCUT2D eigenvalue weighted by Gasteiger charge is -2.08. The minimum absolute atomic E-state index is 0.145. The molecule has 136 valence electrons. The summed E-state index contributed by atoms with van der Waals surface area (Å²) >= 11 is 0. The summed E-state index contributed by atoms with van der Waals surface area (Å²) in [5.41, 5.74) is 1.65. The van der Waals surface area contributed by atoms with E-state index in [2.05, 4.69) is 25.3 Å². The number of hydrogen-bond acceptors (Lipinski definition) is 6. The maximum atomic E-state index is 13.0. The van der Waals surface area contributed by atoms with E-state index in [9.17, 15) is 14.0 Å². The Hall–Kier alpha value is -3.81. The highest BCUT2D eigenvalue weighted by Crippen LogP contribution is 2.16. The van der Waals surface area contributed by atoms with Gasteiger partial charge < -0.3 is 15.4 Å². The van der Waals surface area contributed by atoms with Crippen molar-refractivity contribution in [2.75, 3.05) is 17.7 Å². The van der Waals surface area contributed by atoms with Crippen LogP contribution in [0.15, 0.2) is 60.9 Å². The van der Waals surface area contributed by atoms with E-state index in [-0.39, 0.29) is 11.5 Å². The van der Waals surface area contributed by atoms with Gasteiger partial charge in [-0.2, -0.15) is 0 Å². The van der Waals surface area contributed by atoms with Gasteiger partial charge in [0.2, 0.25) is 0 Å². The van der Waals surface area contributed by atoms with E-state index in [0.29, 0.717) is 22.8 Å². The van der Waals surface area contributed by atoms with Crippen molar-refractivity contribution in [3.63, 3.8) is 0 Å². The molecule has 3 rings (SSSR count). The van der Waals surface area contributed by atoms with Gasteiger partial charge in [-0.15, -0.1) is 0 Å². The summed E-state index contributed by atoms with van der Waals surface area (Å²) in [5, 5.41) is 5.65. The molecule has 0 fully saturated rings. The number of nitrogens with zero attached hydrogens (tertiary/aromatic N) is 2. The van der Waals surface area contributed by atoms with Gasteiger partial charge in [0.1, 0.15) is 23.7 Å². The summed E-state index contributed by atoms with van der Waals surface area (Å²) in [7, 11) is 1.30. The molecule has 2 aromatic carbocycles. The van der Waals surface area contributed by atoms with Crippen LogP contribution in [-0.4, -0.2) is 29.0 Å². The molecule has 0 unspecified atom stereocenters. The van der Waals surface area contributed by atoms with Crippen LogP contribution in [0.4, 0.5) is 21.6 Å². The Morgan fingerprint density at radius 3 is 2.30 bits per heavy atom. The van der Waals surface area contributed by atoms with Crippen LogP contribution in [0.25, 0.3) is 0 Å². The molecule has 7 nitrogen and oxygen atoms in total. The Kier molecular flexibility index (Phi) is 5.36. The number of esters is 1. The summed E-state index contributed by atoms with van der Waals surface area (Å²) in [4.78, 5) is 31.8. The highest BCUT2D eigenvalue weighted by atomic mass is 19.1. The highest BCUT2D eigenvalue weighted by molar-refractivity contribution is 6.03. The molecule has 0 saturated heterocycles. The van der Waals surface area contributed by atoms with Crippen LogP contribution in [0.2, 0.25) is 0 Å². The number of aromatic nitrogens is 2. The molecule has 0 bridgehead atoms. The smallest absolute Gasteiger partial charge is 0.337 e. The van der Waals surface area contributed by atoms with Gasteiger partial charge in [0, 0.05) is 17.4 Å². The largest absolute Gasteiger partial charge is 0.465 e. The van der Waals surface area contributed by atoms with E-state index in [0.717, 1.165) is 0 Å². The number of carbonyl (C=O) groups is 2. The molecule has 0 spiro atoms. The van der Waals surface area contributed by atoms with E-state index in [4.69, 9.17) is 0 Å². The van der Waals surface area contributed by atoms with Crippen LogP contribution >= 0.6 is 0 Å². The third kappa shape index (κ3) is 4.63. The maximum absolute atomic E-state index is 13.0. The van der Waals surface area contributed by atoms with Gasteiger partial charge in [0.15, 0.2) is 0 Å². The van der Waals surface area contributed by atoms with Crippen LogP contribution in [-0.2, 0) is 4.74 Å². The number of rotatable bonds is 5. The van der Waals surface area contributed by atoms with Crippen LogP contribution < -0.4 is 10.6 Å². The molecule has 0 radical (unpaired) electrons. The lowest BCUT2D eigenvalue weighted by molar-refractivity contribution is 0.0600. The number of ether oxygens (including phenoxy) is 1. The molecule has 3 aromatic rings. The van der Waals surface area contributed by atoms with Crippen molar-refractivity contribution in [3.05, 3.63) is 78.0 Å². The average Bonchev–Trinajstić information content (AvgIpc) is 2.70. The number of carbonyl (C=O) groups excluding carboxylic acids is 2. The number of amides is 1. The van der Waals surface area contributed by atoms with Gasteiger partial charge in [0.05, 0.1) is 12.7 Å². The Labute approximate surface area is 154 Å². The number of anilines is 3. The molecule has 1 amide bonds. The van der Waals surface area contributed by atoms with Gasteiger partial charge in [-0.25, -0.2) is 19.2 Å². The van der Waals surface area contributed by atoms with Crippen LogP contribution in [0.5, 0.6) is 0 Å². The molecule has 1 aromatic heterocycles. The molecular weight excluding hydrogens is 351 g/mol. The monoisotopic (exact) mass is 366 g/mol. The summed E-state index contributed by atoms with van der Waals surface area (Å²) < 4.78 is 17.6. The fourth-order valence-corrected chi connectivity index (χ4v) is 2.23. The number of halogens is 1. The van der Waals surface area contributed by atoms with E-state index in [1.807, 2.05) is 0 Å². The van der Waals surface area contributed by atoms with E-state index >= 15 is 0 Å². The first-order valence-electron chi connectivity index (χ1n) is 7.89. The average molecular weight is 366 g/mol. The number of hydrogen-bond donors (Lipinski definition) is 2. The first kappa shape index (κ1) is 18.0. The van der Waals surface area contributed by atoms with Crippen molar-refractivity contribution >= 4 is 29.1 Å². The summed E-state index contributed by atoms with van der Waals surface area (Å²) in [5.74, 6) is -0.852. The molecule has 1 heterocycles. The molecule has 0 atom stereocenters. The SMILES string of the molecule is COC(=O)c1ccc(NC(=O)c2cc(Nc3ccc(F)cc3)ncn2)cc1. The normalized spacial score (nSPS) is 10.1. The fraction of sp³-hybridized carbons (Fsp3) is 0.0526. The first-order valence-corrected chi connectivity index (χ1v) is 7.89. The minimum atomic E-state index is -0.458. The molecular formula is C19H15FN4O3. The molecule has 0 aliphatic heterocycles. The third-order valence-corrected chi connectivity index (χ3v) is 3.58. The van der Waals surface area contributed by atoms with Gasteiger partial charge >= 0.3 is 5.97 Å². The molecule has 0 aliphatic carbocycles. The van der Waals surface area contributed by atoms with Crippen molar-refractivity contribution < 1.29 is 18.7 Å². The summed E-state index contributed by atoms with van der Waals surface area (Å²) in [6.07, 6.45) is 1.25. The lowest BCUT2D eigenvalue weighted by Crippen LogP contribution is -2.14. The molecule has 8 heteroatoms. The zero-order valence-electron chi connectivity index (χ0n) is 14.3. The Balaban J connectivity index is 1.69. The lowest BCUT2D eigenvalue weighted by atomic mass is 10.2. The van der Waals surface area contributed by atoms with Crippen molar-refractivity contribution in [1.82, 2.24) is 9.97 Å². The predicted molar refractivity (Wildman–Crippen MR) is 97.4 cm³/mol. The summed E-state index contributed by atoms with van der Waals surface area (Å²) in [6, 6.07) is 13.5. The van der Waals surface area contributed by atoms with Crippen LogP contribution in [0.1, 0.15) is 20.8 Å². The minimum Gasteiger partial charge on any atom is -0.465 e. The van der Waals surface area contributed by atoms with Gasteiger partial charge in [-0.3, -0.25) is 4.79 Å². The molecule has 0 aliphatic rings. The Morgan fingerprint density at radius 1 is 0.963 bits per heavy atom. The molecule has 27 heavy (non-hydrogen) atoms. The van der Waals surface area contributed by atoms with Crippen molar-refractivity contribution in [2.45, 2.75) is 0 Å². The molecule has 2 N–H and O–H groups in total. The number of methoxy groups -OCH3 is 1. The van der Waals surface area contributed by atoms with Crippen LogP contribution in [0.3, 0.4) is 0 Å². The Morgan fingerprint density at radius 2 is 1.63 bits per heavy atom. The predicted octanol–water partition coefficient (Wildman–Crippen LogP) is 3.40. The fourth-order valence-electron chi connectivity index (χ4n) is 2.23. The van der Waals surface area contributed by atoms with E-state index < -0.39 is 11.9 Å². The highest BCUT2D eigenvalue weighted by Gasteiger charge is 2.11. The summed E-state index contributed by atoms with van der Waals surface area (Å²) in [6.45, 7) is 0. The second kappa shape index (κ2) is 8.05. The van der Waals surface area contributed by atoms with Gasteiger partial charge in [-0.05, 0) is 48.5 Å². The van der Waals surface area contributed by atoms with E-state index in [1.165, 1.54) is 31.6 Å². The van der Waals surface area contributed by atoms with Crippen molar-refractivity contribution in [1.29, 1.82) is 0 Å². The third-order valence-electron chi connectivity index (χ3n) is 3.58. The second-order valence-corrected chi connectivity index (χ2v) is 5.44. The first-order chi connectivity index (χ1) is 13.0.